The van der Waals surface area contributed by atoms with E-state index in [2.05, 4.69) is 20.6 Å². The molecule has 0 fully saturated rings. The zero-order chi connectivity index (χ0) is 15.9. The second-order valence-electron chi connectivity index (χ2n) is 4.14. The van der Waals surface area contributed by atoms with Gasteiger partial charge in [-0.05, 0) is 13.8 Å². The van der Waals surface area contributed by atoms with Crippen molar-refractivity contribution in [3.8, 4) is 0 Å². The molecule has 9 heteroatoms. The Balaban J connectivity index is 2.82. The largest absolute Gasteiger partial charge is 0.374 e. The predicted molar refractivity (Wildman–Crippen MR) is 71.0 cm³/mol. The summed E-state index contributed by atoms with van der Waals surface area (Å²) in [7, 11) is 0. The Kier molecular flexibility index (Phi) is 6.60. The second kappa shape index (κ2) is 7.96. The van der Waals surface area contributed by atoms with E-state index in [0.717, 1.165) is 0 Å². The second-order valence-corrected chi connectivity index (χ2v) is 4.14. The third-order valence-electron chi connectivity index (χ3n) is 2.39. The number of rotatable bonds is 9. The Morgan fingerprint density at radius 2 is 1.81 bits per heavy atom. The van der Waals surface area contributed by atoms with Crippen molar-refractivity contribution in [3.63, 3.8) is 0 Å². The Labute approximate surface area is 120 Å². The minimum Gasteiger partial charge on any atom is -0.374 e. The van der Waals surface area contributed by atoms with Gasteiger partial charge < -0.3 is 15.4 Å². The lowest BCUT2D eigenvalue weighted by Gasteiger charge is -2.17. The summed E-state index contributed by atoms with van der Waals surface area (Å²) in [5.74, 6) is -3.40. The van der Waals surface area contributed by atoms with E-state index in [1.165, 1.54) is 6.07 Å². The van der Waals surface area contributed by atoms with Crippen LogP contribution in [0.3, 0.4) is 0 Å². The molecule has 0 aromatic carbocycles. The molecule has 0 aliphatic rings. The van der Waals surface area contributed by atoms with Crippen molar-refractivity contribution in [2.45, 2.75) is 32.8 Å². The Morgan fingerprint density at radius 3 is 2.33 bits per heavy atom. The van der Waals surface area contributed by atoms with Crippen molar-refractivity contribution >= 4 is 11.6 Å². The van der Waals surface area contributed by atoms with Gasteiger partial charge in [0.05, 0.1) is 6.54 Å². The van der Waals surface area contributed by atoms with E-state index >= 15 is 0 Å². The summed E-state index contributed by atoms with van der Waals surface area (Å²) in [6.07, 6.45) is -3.73. The zero-order valence-electron chi connectivity index (χ0n) is 11.8. The molecule has 0 saturated heterocycles. The number of ether oxygens (including phenoxy) is 1. The molecule has 1 aromatic rings. The maximum Gasteiger partial charge on any atom is 0.324 e. The predicted octanol–water partition coefficient (Wildman–Crippen LogP) is 2.76. The van der Waals surface area contributed by atoms with E-state index in [4.69, 9.17) is 4.74 Å². The van der Waals surface area contributed by atoms with Crippen LogP contribution in [-0.4, -0.2) is 42.0 Å². The van der Waals surface area contributed by atoms with Crippen LogP contribution in [0.1, 0.15) is 19.7 Å². The van der Waals surface area contributed by atoms with Crippen LogP contribution < -0.4 is 10.6 Å². The number of halogens is 4. The average molecular weight is 310 g/mol. The molecule has 0 bridgehead atoms. The number of aromatic nitrogens is 2. The minimum atomic E-state index is -4.12. The van der Waals surface area contributed by atoms with E-state index < -0.39 is 18.9 Å². The molecule has 5 nitrogen and oxygen atoms in total. The quantitative estimate of drug-likeness (QED) is 0.687. The summed E-state index contributed by atoms with van der Waals surface area (Å²) < 4.78 is 55.1. The first kappa shape index (κ1) is 17.4. The highest BCUT2D eigenvalue weighted by molar-refractivity contribution is 5.47. The number of hydrogen-bond acceptors (Lipinski definition) is 5. The van der Waals surface area contributed by atoms with Crippen molar-refractivity contribution in [2.75, 3.05) is 30.3 Å². The summed E-state index contributed by atoms with van der Waals surface area (Å²) in [4.78, 5) is 8.07. The van der Waals surface area contributed by atoms with Crippen LogP contribution in [0.15, 0.2) is 6.07 Å². The molecule has 0 radical (unpaired) electrons. The fourth-order valence-electron chi connectivity index (χ4n) is 1.40. The van der Waals surface area contributed by atoms with Crippen molar-refractivity contribution < 1.29 is 22.3 Å². The van der Waals surface area contributed by atoms with Crippen molar-refractivity contribution in [1.29, 1.82) is 0 Å². The van der Waals surface area contributed by atoms with Gasteiger partial charge in [-0.15, -0.1) is 0 Å². The molecule has 0 atom stereocenters. The monoisotopic (exact) mass is 310 g/mol. The van der Waals surface area contributed by atoms with Gasteiger partial charge in [0.25, 0.3) is 0 Å². The number of hydrogen-bond donors (Lipinski definition) is 2. The Bertz CT molecular complexity index is 445. The molecule has 0 unspecified atom stereocenters. The van der Waals surface area contributed by atoms with Crippen LogP contribution in [0, 0.1) is 0 Å². The first-order chi connectivity index (χ1) is 9.89. The highest BCUT2D eigenvalue weighted by atomic mass is 19.3. The molecular weight excluding hydrogens is 292 g/mol. The summed E-state index contributed by atoms with van der Waals surface area (Å²) in [6.45, 7) is 3.54. The summed E-state index contributed by atoms with van der Waals surface area (Å²) in [5, 5.41) is 5.11. The number of alkyl halides is 4. The molecule has 1 rings (SSSR count). The van der Waals surface area contributed by atoms with Gasteiger partial charge in [0.15, 0.2) is 5.82 Å². The third-order valence-corrected chi connectivity index (χ3v) is 2.39. The molecule has 0 spiro atoms. The lowest BCUT2D eigenvalue weighted by Crippen LogP contribution is -2.35. The Hall–Kier alpha value is -1.64. The maximum atomic E-state index is 12.9. The van der Waals surface area contributed by atoms with Crippen molar-refractivity contribution in [3.05, 3.63) is 11.9 Å². The first-order valence-electron chi connectivity index (χ1n) is 6.48. The Morgan fingerprint density at radius 1 is 1.19 bits per heavy atom. The molecule has 0 saturated carbocycles. The van der Waals surface area contributed by atoms with E-state index in [1.54, 1.807) is 6.92 Å². The van der Waals surface area contributed by atoms with Crippen LogP contribution in [0.5, 0.6) is 0 Å². The fraction of sp³-hybridized carbons (Fsp3) is 0.667. The van der Waals surface area contributed by atoms with E-state index in [0.29, 0.717) is 19.0 Å². The summed E-state index contributed by atoms with van der Waals surface area (Å²) >= 11 is 0. The average Bonchev–Trinajstić information content (AvgIpc) is 2.43. The lowest BCUT2D eigenvalue weighted by atomic mass is 10.3. The topological polar surface area (TPSA) is 59.1 Å². The fourth-order valence-corrected chi connectivity index (χ4v) is 1.40. The number of nitrogens with zero attached hydrogens (tertiary/aromatic N) is 2. The van der Waals surface area contributed by atoms with Gasteiger partial charge in [-0.2, -0.15) is 8.78 Å². The van der Waals surface area contributed by atoms with Gasteiger partial charge >= 0.3 is 12.3 Å². The van der Waals surface area contributed by atoms with Gasteiger partial charge in [0, 0.05) is 19.2 Å². The van der Waals surface area contributed by atoms with Gasteiger partial charge in [-0.3, -0.25) is 0 Å². The van der Waals surface area contributed by atoms with Gasteiger partial charge in [-0.25, -0.2) is 18.7 Å². The van der Waals surface area contributed by atoms with Gasteiger partial charge in [-0.1, -0.05) is 0 Å². The maximum absolute atomic E-state index is 12.9. The molecule has 21 heavy (non-hydrogen) atoms. The molecule has 0 aliphatic carbocycles. The number of nitrogens with one attached hydrogen (secondary N) is 2. The van der Waals surface area contributed by atoms with E-state index in [-0.39, 0.29) is 18.2 Å². The van der Waals surface area contributed by atoms with Gasteiger partial charge in [0.1, 0.15) is 18.2 Å². The van der Waals surface area contributed by atoms with Crippen molar-refractivity contribution in [2.24, 2.45) is 0 Å². The molecule has 0 aliphatic heterocycles. The molecular formula is C12H18F4N4O. The van der Waals surface area contributed by atoms with Crippen LogP contribution in [-0.2, 0) is 11.3 Å². The van der Waals surface area contributed by atoms with Crippen LogP contribution >= 0.6 is 0 Å². The minimum absolute atomic E-state index is 0.0379. The molecule has 120 valence electrons. The smallest absolute Gasteiger partial charge is 0.324 e. The van der Waals surface area contributed by atoms with E-state index in [1.807, 2.05) is 6.92 Å². The van der Waals surface area contributed by atoms with Gasteiger partial charge in [0.2, 0.25) is 0 Å². The summed E-state index contributed by atoms with van der Waals surface area (Å²) in [5.41, 5.74) is 0. The van der Waals surface area contributed by atoms with Crippen LogP contribution in [0.25, 0.3) is 0 Å². The third kappa shape index (κ3) is 5.70. The number of anilines is 2. The SMILES string of the molecule is CCNc1cc(NCC(F)(F)C(F)F)nc(COCC)n1. The molecule has 1 heterocycles. The summed E-state index contributed by atoms with van der Waals surface area (Å²) in [6, 6.07) is 1.38. The highest BCUT2D eigenvalue weighted by Gasteiger charge is 2.40. The first-order valence-corrected chi connectivity index (χ1v) is 6.48. The lowest BCUT2D eigenvalue weighted by molar-refractivity contribution is -0.117. The van der Waals surface area contributed by atoms with Crippen LogP contribution in [0.4, 0.5) is 29.2 Å². The van der Waals surface area contributed by atoms with Crippen molar-refractivity contribution in [1.82, 2.24) is 9.97 Å². The molecule has 0 amide bonds. The zero-order valence-corrected chi connectivity index (χ0v) is 11.8. The van der Waals surface area contributed by atoms with Crippen LogP contribution in [0.2, 0.25) is 0 Å². The highest BCUT2D eigenvalue weighted by Crippen LogP contribution is 2.23. The molecule has 2 N–H and O–H groups in total. The standard InChI is InChI=1S/C12H18F4N4O/c1-3-17-8-5-9(18-7-12(15,16)11(13)14)20-10(19-8)6-21-4-2/h5,11H,3-4,6-7H2,1-2H3,(H2,17,18,19,20). The molecule has 1 aromatic heterocycles. The van der Waals surface area contributed by atoms with E-state index in [9.17, 15) is 17.6 Å². The normalized spacial score (nSPS) is 11.8.